The topological polar surface area (TPSA) is 26.0 Å². The summed E-state index contributed by atoms with van der Waals surface area (Å²) in [6.45, 7) is 8.95. The van der Waals surface area contributed by atoms with Crippen LogP contribution < -0.4 is 5.73 Å². The van der Waals surface area contributed by atoms with E-state index in [-0.39, 0.29) is 5.54 Å². The summed E-state index contributed by atoms with van der Waals surface area (Å²) in [7, 11) is 0. The van der Waals surface area contributed by atoms with E-state index in [9.17, 15) is 0 Å². The molecule has 1 aliphatic carbocycles. The van der Waals surface area contributed by atoms with E-state index in [1.165, 1.54) is 41.5 Å². The van der Waals surface area contributed by atoms with Gasteiger partial charge in [-0.2, -0.15) is 0 Å². The highest BCUT2D eigenvalue weighted by Crippen LogP contribution is 2.37. The first kappa shape index (κ1) is 13.6. The van der Waals surface area contributed by atoms with Gasteiger partial charge in [-0.25, -0.2) is 0 Å². The number of aryl methyl sites for hydroxylation is 3. The molecule has 1 nitrogen and oxygen atoms in total. The summed E-state index contributed by atoms with van der Waals surface area (Å²) in [4.78, 5) is 0. The van der Waals surface area contributed by atoms with E-state index in [0.717, 1.165) is 18.8 Å². The Labute approximate surface area is 112 Å². The minimum Gasteiger partial charge on any atom is -0.321 e. The fraction of sp³-hybridized carbons (Fsp3) is 0.647. The fourth-order valence-electron chi connectivity index (χ4n) is 3.31. The Morgan fingerprint density at radius 1 is 1.00 bits per heavy atom. The largest absolute Gasteiger partial charge is 0.321 e. The highest BCUT2D eigenvalue weighted by molar-refractivity contribution is 5.40. The lowest BCUT2D eigenvalue weighted by atomic mass is 9.80. The quantitative estimate of drug-likeness (QED) is 0.731. The molecule has 0 amide bonds. The van der Waals surface area contributed by atoms with Gasteiger partial charge in [0.05, 0.1) is 0 Å². The zero-order chi connectivity index (χ0) is 13.3. The van der Waals surface area contributed by atoms with Crippen LogP contribution in [-0.2, 0) is 5.54 Å². The molecule has 0 aliphatic heterocycles. The summed E-state index contributed by atoms with van der Waals surface area (Å²) in [5, 5.41) is 0. The fourth-order valence-corrected chi connectivity index (χ4v) is 3.31. The average Bonchev–Trinajstić information content (AvgIpc) is 2.47. The highest BCUT2D eigenvalue weighted by Gasteiger charge is 2.31. The molecule has 2 atom stereocenters. The molecular formula is C17H27N. The van der Waals surface area contributed by atoms with Crippen LogP contribution in [0.2, 0.25) is 0 Å². The normalized spacial score (nSPS) is 29.1. The van der Waals surface area contributed by atoms with Gasteiger partial charge in [0.2, 0.25) is 0 Å². The summed E-state index contributed by atoms with van der Waals surface area (Å²) < 4.78 is 0. The second-order valence-corrected chi connectivity index (χ2v) is 6.44. The molecular weight excluding hydrogens is 218 g/mol. The van der Waals surface area contributed by atoms with E-state index in [4.69, 9.17) is 5.73 Å². The molecule has 2 unspecified atom stereocenters. The van der Waals surface area contributed by atoms with E-state index in [1.807, 2.05) is 0 Å². The SMILES string of the molecule is Cc1cc(C)c(C2(N)CCCC(C)CC2)cc1C. The van der Waals surface area contributed by atoms with Gasteiger partial charge in [-0.1, -0.05) is 31.9 Å². The molecule has 1 heteroatoms. The first-order chi connectivity index (χ1) is 8.42. The maximum absolute atomic E-state index is 6.76. The number of hydrogen-bond donors (Lipinski definition) is 1. The molecule has 0 saturated heterocycles. The van der Waals surface area contributed by atoms with Gasteiger partial charge < -0.3 is 5.73 Å². The van der Waals surface area contributed by atoms with Crippen LogP contribution in [0.1, 0.15) is 61.3 Å². The standard InChI is InChI=1S/C17H27N/c1-12-6-5-8-17(18,9-7-12)16-11-14(3)13(2)10-15(16)4/h10-12H,5-9,18H2,1-4H3. The number of hydrogen-bond acceptors (Lipinski definition) is 1. The van der Waals surface area contributed by atoms with Crippen molar-refractivity contribution in [3.63, 3.8) is 0 Å². The molecule has 1 aliphatic rings. The Hall–Kier alpha value is -0.820. The van der Waals surface area contributed by atoms with Crippen molar-refractivity contribution >= 4 is 0 Å². The minimum atomic E-state index is -0.0900. The van der Waals surface area contributed by atoms with Crippen LogP contribution in [0.5, 0.6) is 0 Å². The molecule has 2 rings (SSSR count). The minimum absolute atomic E-state index is 0.0900. The summed E-state index contributed by atoms with van der Waals surface area (Å²) in [6.07, 6.45) is 6.15. The lowest BCUT2D eigenvalue weighted by Crippen LogP contribution is -2.37. The predicted molar refractivity (Wildman–Crippen MR) is 78.8 cm³/mol. The van der Waals surface area contributed by atoms with Crippen molar-refractivity contribution in [2.24, 2.45) is 11.7 Å². The van der Waals surface area contributed by atoms with E-state index in [1.54, 1.807) is 0 Å². The van der Waals surface area contributed by atoms with Gasteiger partial charge in [0, 0.05) is 5.54 Å². The van der Waals surface area contributed by atoms with Gasteiger partial charge in [0.15, 0.2) is 0 Å². The lowest BCUT2D eigenvalue weighted by molar-refractivity contribution is 0.376. The van der Waals surface area contributed by atoms with Crippen molar-refractivity contribution in [1.29, 1.82) is 0 Å². The van der Waals surface area contributed by atoms with E-state index < -0.39 is 0 Å². The number of nitrogens with two attached hydrogens (primary N) is 1. The Morgan fingerprint density at radius 3 is 2.39 bits per heavy atom. The van der Waals surface area contributed by atoms with Gasteiger partial charge in [0.25, 0.3) is 0 Å². The Balaban J connectivity index is 2.37. The third-order valence-corrected chi connectivity index (χ3v) is 4.78. The first-order valence-electron chi connectivity index (χ1n) is 7.29. The van der Waals surface area contributed by atoms with Crippen LogP contribution in [-0.4, -0.2) is 0 Å². The third-order valence-electron chi connectivity index (χ3n) is 4.78. The molecule has 0 radical (unpaired) electrons. The van der Waals surface area contributed by atoms with Gasteiger partial charge in [-0.3, -0.25) is 0 Å². The Morgan fingerprint density at radius 2 is 1.67 bits per heavy atom. The molecule has 0 heterocycles. The maximum atomic E-state index is 6.76. The maximum Gasteiger partial charge on any atom is 0.0412 e. The smallest absolute Gasteiger partial charge is 0.0412 e. The lowest BCUT2D eigenvalue weighted by Gasteiger charge is -2.31. The molecule has 1 saturated carbocycles. The zero-order valence-electron chi connectivity index (χ0n) is 12.3. The molecule has 1 aromatic rings. The van der Waals surface area contributed by atoms with Crippen molar-refractivity contribution in [3.8, 4) is 0 Å². The summed E-state index contributed by atoms with van der Waals surface area (Å²) in [6, 6.07) is 4.63. The molecule has 2 N–H and O–H groups in total. The molecule has 18 heavy (non-hydrogen) atoms. The molecule has 100 valence electrons. The second-order valence-electron chi connectivity index (χ2n) is 6.44. The van der Waals surface area contributed by atoms with Crippen LogP contribution in [0.3, 0.4) is 0 Å². The molecule has 1 fully saturated rings. The first-order valence-corrected chi connectivity index (χ1v) is 7.29. The van der Waals surface area contributed by atoms with E-state index >= 15 is 0 Å². The van der Waals surface area contributed by atoms with Crippen molar-refractivity contribution in [2.75, 3.05) is 0 Å². The van der Waals surface area contributed by atoms with Crippen LogP contribution in [0, 0.1) is 26.7 Å². The third kappa shape index (κ3) is 2.61. The van der Waals surface area contributed by atoms with Crippen molar-refractivity contribution in [3.05, 3.63) is 34.4 Å². The Bertz CT molecular complexity index is 435. The molecule has 0 spiro atoms. The van der Waals surface area contributed by atoms with E-state index in [0.29, 0.717) is 0 Å². The van der Waals surface area contributed by atoms with Gasteiger partial charge in [0.1, 0.15) is 0 Å². The number of rotatable bonds is 1. The number of benzene rings is 1. The van der Waals surface area contributed by atoms with Crippen LogP contribution in [0.15, 0.2) is 12.1 Å². The summed E-state index contributed by atoms with van der Waals surface area (Å²) >= 11 is 0. The molecule has 0 bridgehead atoms. The van der Waals surface area contributed by atoms with Gasteiger partial charge >= 0.3 is 0 Å². The van der Waals surface area contributed by atoms with Crippen LogP contribution in [0.25, 0.3) is 0 Å². The van der Waals surface area contributed by atoms with E-state index in [2.05, 4.69) is 39.8 Å². The van der Waals surface area contributed by atoms with Crippen molar-refractivity contribution in [2.45, 2.75) is 65.3 Å². The summed E-state index contributed by atoms with van der Waals surface area (Å²) in [5.41, 5.74) is 12.2. The molecule has 1 aromatic carbocycles. The van der Waals surface area contributed by atoms with Crippen molar-refractivity contribution < 1.29 is 0 Å². The monoisotopic (exact) mass is 245 g/mol. The van der Waals surface area contributed by atoms with Gasteiger partial charge in [-0.15, -0.1) is 0 Å². The Kier molecular flexibility index (Phi) is 3.82. The predicted octanol–water partition coefficient (Wildman–Crippen LogP) is 4.37. The zero-order valence-corrected chi connectivity index (χ0v) is 12.3. The average molecular weight is 245 g/mol. The molecule has 0 aromatic heterocycles. The van der Waals surface area contributed by atoms with Crippen LogP contribution in [0.4, 0.5) is 0 Å². The van der Waals surface area contributed by atoms with Crippen molar-refractivity contribution in [1.82, 2.24) is 0 Å². The second kappa shape index (κ2) is 5.05. The van der Waals surface area contributed by atoms with Gasteiger partial charge in [-0.05, 0) is 68.2 Å². The summed E-state index contributed by atoms with van der Waals surface area (Å²) in [5.74, 6) is 0.835. The highest BCUT2D eigenvalue weighted by atomic mass is 14.7. The van der Waals surface area contributed by atoms with Crippen LogP contribution >= 0.6 is 0 Å².